The number of benzene rings is 1. The van der Waals surface area contributed by atoms with Gasteiger partial charge in [0.1, 0.15) is 0 Å². The summed E-state index contributed by atoms with van der Waals surface area (Å²) in [4.78, 5) is 0. The van der Waals surface area contributed by atoms with Gasteiger partial charge in [-0.2, -0.15) is 5.26 Å². The summed E-state index contributed by atoms with van der Waals surface area (Å²) in [6.45, 7) is 1.00. The van der Waals surface area contributed by atoms with E-state index in [1.165, 1.54) is 19.3 Å². The largest absolute Gasteiger partial charge is 0.385 e. The second-order valence-electron chi connectivity index (χ2n) is 4.17. The van der Waals surface area contributed by atoms with Crippen molar-refractivity contribution in [3.63, 3.8) is 0 Å². The number of anilines is 1. The summed E-state index contributed by atoms with van der Waals surface area (Å²) < 4.78 is 0. The van der Waals surface area contributed by atoms with Crippen LogP contribution < -0.4 is 5.32 Å². The average Bonchev–Trinajstić information content (AvgIpc) is 2.83. The van der Waals surface area contributed by atoms with E-state index in [0.717, 1.165) is 18.2 Å². The zero-order valence-electron chi connectivity index (χ0n) is 9.32. The Morgan fingerprint density at radius 2 is 2.12 bits per heavy atom. The van der Waals surface area contributed by atoms with Gasteiger partial charge >= 0.3 is 0 Å². The molecule has 1 atom stereocenters. The Bertz CT molecular complexity index is 398. The van der Waals surface area contributed by atoms with Crippen molar-refractivity contribution in [2.75, 3.05) is 11.9 Å². The predicted molar refractivity (Wildman–Crippen MR) is 66.1 cm³/mol. The molecule has 0 amide bonds. The molecule has 16 heavy (non-hydrogen) atoms. The normalized spacial score (nSPS) is 18.3. The standard InChI is InChI=1S/C14H16N2/c15-11-13-5-7-14(8-6-13)16-10-9-12-3-1-2-4-12/h1,3,5-8,12,16H,2,4,9-10H2. The van der Waals surface area contributed by atoms with E-state index >= 15 is 0 Å². The Hall–Kier alpha value is -1.75. The molecule has 2 rings (SSSR count). The van der Waals surface area contributed by atoms with Crippen molar-refractivity contribution >= 4 is 5.69 Å². The van der Waals surface area contributed by atoms with Gasteiger partial charge in [0.25, 0.3) is 0 Å². The molecule has 0 saturated carbocycles. The Balaban J connectivity index is 1.76. The molecule has 0 radical (unpaired) electrons. The first-order valence-corrected chi connectivity index (χ1v) is 5.79. The van der Waals surface area contributed by atoms with Gasteiger partial charge in [-0.3, -0.25) is 0 Å². The SMILES string of the molecule is N#Cc1ccc(NCCC2C=CCC2)cc1. The van der Waals surface area contributed by atoms with Gasteiger partial charge in [-0.1, -0.05) is 12.2 Å². The molecule has 1 aromatic rings. The number of nitrogens with zero attached hydrogens (tertiary/aromatic N) is 1. The molecule has 0 aliphatic heterocycles. The van der Waals surface area contributed by atoms with Crippen molar-refractivity contribution in [3.05, 3.63) is 42.0 Å². The molecule has 1 N–H and O–H groups in total. The molecule has 0 spiro atoms. The second-order valence-corrected chi connectivity index (χ2v) is 4.17. The fourth-order valence-corrected chi connectivity index (χ4v) is 2.00. The van der Waals surface area contributed by atoms with E-state index in [1.807, 2.05) is 24.3 Å². The summed E-state index contributed by atoms with van der Waals surface area (Å²) in [6, 6.07) is 9.73. The van der Waals surface area contributed by atoms with Crippen molar-refractivity contribution in [1.29, 1.82) is 5.26 Å². The van der Waals surface area contributed by atoms with E-state index in [4.69, 9.17) is 5.26 Å². The van der Waals surface area contributed by atoms with Gasteiger partial charge in [0.05, 0.1) is 11.6 Å². The van der Waals surface area contributed by atoms with E-state index < -0.39 is 0 Å². The second kappa shape index (κ2) is 5.37. The summed E-state index contributed by atoms with van der Waals surface area (Å²) >= 11 is 0. The van der Waals surface area contributed by atoms with Crippen LogP contribution >= 0.6 is 0 Å². The maximum absolute atomic E-state index is 8.67. The third kappa shape index (κ3) is 2.87. The van der Waals surface area contributed by atoms with Crippen LogP contribution in [0.2, 0.25) is 0 Å². The Morgan fingerprint density at radius 1 is 1.31 bits per heavy atom. The topological polar surface area (TPSA) is 35.8 Å². The fraction of sp³-hybridized carbons (Fsp3) is 0.357. The molecule has 0 bridgehead atoms. The lowest BCUT2D eigenvalue weighted by Gasteiger charge is -2.09. The summed E-state index contributed by atoms with van der Waals surface area (Å²) in [5.41, 5.74) is 1.81. The van der Waals surface area contributed by atoms with Crippen LogP contribution in [0.5, 0.6) is 0 Å². The van der Waals surface area contributed by atoms with Gasteiger partial charge in [-0.15, -0.1) is 0 Å². The van der Waals surface area contributed by atoms with Gasteiger partial charge in [-0.05, 0) is 49.4 Å². The summed E-state index contributed by atoms with van der Waals surface area (Å²) in [5.74, 6) is 0.755. The number of nitriles is 1. The minimum absolute atomic E-state index is 0.712. The lowest BCUT2D eigenvalue weighted by atomic mass is 10.1. The number of rotatable bonds is 4. The van der Waals surface area contributed by atoms with Crippen LogP contribution in [0.3, 0.4) is 0 Å². The molecular weight excluding hydrogens is 196 g/mol. The van der Waals surface area contributed by atoms with Crippen molar-refractivity contribution in [3.8, 4) is 6.07 Å². The van der Waals surface area contributed by atoms with Gasteiger partial charge in [-0.25, -0.2) is 0 Å². The van der Waals surface area contributed by atoms with E-state index in [2.05, 4.69) is 23.5 Å². The van der Waals surface area contributed by atoms with Crippen LogP contribution in [0, 0.1) is 17.2 Å². The minimum Gasteiger partial charge on any atom is -0.385 e. The monoisotopic (exact) mass is 212 g/mol. The highest BCUT2D eigenvalue weighted by Crippen LogP contribution is 2.20. The molecule has 1 unspecified atom stereocenters. The summed E-state index contributed by atoms with van der Waals surface area (Å²) in [6.07, 6.45) is 8.32. The van der Waals surface area contributed by atoms with Crippen LogP contribution in [-0.2, 0) is 0 Å². The number of hydrogen-bond donors (Lipinski definition) is 1. The zero-order valence-corrected chi connectivity index (χ0v) is 9.32. The van der Waals surface area contributed by atoms with E-state index in [0.29, 0.717) is 5.56 Å². The van der Waals surface area contributed by atoms with Crippen LogP contribution in [0.1, 0.15) is 24.8 Å². The maximum atomic E-state index is 8.67. The summed E-state index contributed by atoms with van der Waals surface area (Å²) in [7, 11) is 0. The van der Waals surface area contributed by atoms with Crippen LogP contribution in [0.4, 0.5) is 5.69 Å². The van der Waals surface area contributed by atoms with E-state index in [1.54, 1.807) is 0 Å². The maximum Gasteiger partial charge on any atom is 0.0991 e. The molecule has 0 heterocycles. The number of allylic oxidation sites excluding steroid dienone is 2. The Labute approximate surface area is 96.6 Å². The summed E-state index contributed by atoms with van der Waals surface area (Å²) in [5, 5.41) is 12.0. The minimum atomic E-state index is 0.712. The predicted octanol–water partition coefficient (Wildman–Crippen LogP) is 3.33. The molecule has 1 aromatic carbocycles. The van der Waals surface area contributed by atoms with Gasteiger partial charge in [0.15, 0.2) is 0 Å². The molecule has 2 nitrogen and oxygen atoms in total. The lowest BCUT2D eigenvalue weighted by Crippen LogP contribution is -2.05. The van der Waals surface area contributed by atoms with Crippen molar-refractivity contribution in [2.24, 2.45) is 5.92 Å². The van der Waals surface area contributed by atoms with Crippen molar-refractivity contribution in [1.82, 2.24) is 0 Å². The highest BCUT2D eigenvalue weighted by Gasteiger charge is 2.07. The first-order valence-electron chi connectivity index (χ1n) is 5.79. The first kappa shape index (κ1) is 10.8. The number of hydrogen-bond acceptors (Lipinski definition) is 2. The van der Waals surface area contributed by atoms with Crippen molar-refractivity contribution < 1.29 is 0 Å². The first-order chi connectivity index (χ1) is 7.88. The highest BCUT2D eigenvalue weighted by atomic mass is 14.9. The molecule has 0 aromatic heterocycles. The smallest absolute Gasteiger partial charge is 0.0991 e. The zero-order chi connectivity index (χ0) is 11.2. The molecule has 2 heteroatoms. The molecular formula is C14H16N2. The molecule has 0 fully saturated rings. The highest BCUT2D eigenvalue weighted by molar-refractivity contribution is 5.47. The quantitative estimate of drug-likeness (QED) is 0.777. The van der Waals surface area contributed by atoms with Crippen LogP contribution in [0.15, 0.2) is 36.4 Å². The Kier molecular flexibility index (Phi) is 3.61. The van der Waals surface area contributed by atoms with Gasteiger partial charge in [0.2, 0.25) is 0 Å². The lowest BCUT2D eigenvalue weighted by molar-refractivity contribution is 0.596. The van der Waals surface area contributed by atoms with E-state index in [9.17, 15) is 0 Å². The molecule has 1 aliphatic carbocycles. The fourth-order valence-electron chi connectivity index (χ4n) is 2.00. The van der Waals surface area contributed by atoms with Crippen LogP contribution in [-0.4, -0.2) is 6.54 Å². The average molecular weight is 212 g/mol. The van der Waals surface area contributed by atoms with E-state index in [-0.39, 0.29) is 0 Å². The van der Waals surface area contributed by atoms with Crippen molar-refractivity contribution in [2.45, 2.75) is 19.3 Å². The molecule has 82 valence electrons. The van der Waals surface area contributed by atoms with Crippen LogP contribution in [0.25, 0.3) is 0 Å². The van der Waals surface area contributed by atoms with Gasteiger partial charge < -0.3 is 5.32 Å². The molecule has 0 saturated heterocycles. The van der Waals surface area contributed by atoms with Gasteiger partial charge in [0, 0.05) is 12.2 Å². The third-order valence-corrected chi connectivity index (χ3v) is 2.97. The Morgan fingerprint density at radius 3 is 2.75 bits per heavy atom. The third-order valence-electron chi connectivity index (χ3n) is 2.97. The molecule has 1 aliphatic rings. The number of nitrogens with one attached hydrogen (secondary N) is 1.